The Morgan fingerprint density at radius 1 is 1.12 bits per heavy atom. The van der Waals surface area contributed by atoms with Crippen LogP contribution >= 0.6 is 11.3 Å². The van der Waals surface area contributed by atoms with Gasteiger partial charge in [0.05, 0.1) is 27.9 Å². The molecule has 1 N–H and O–H groups in total. The fourth-order valence-corrected chi connectivity index (χ4v) is 5.09. The molecule has 0 spiro atoms. The number of rotatable bonds is 5. The number of ether oxygens (including phenoxy) is 1. The largest absolute Gasteiger partial charge is 0.497 e. The molecule has 1 saturated heterocycles. The number of thiazole rings is 1. The van der Waals surface area contributed by atoms with Crippen LogP contribution in [0.1, 0.15) is 12.8 Å². The maximum atomic E-state index is 12.6. The molecule has 6 nitrogen and oxygen atoms in total. The molecule has 1 aliphatic rings. The van der Waals surface area contributed by atoms with Crippen molar-refractivity contribution in [2.24, 2.45) is 0 Å². The van der Waals surface area contributed by atoms with Crippen LogP contribution in [0.4, 0.5) is 10.8 Å². The highest BCUT2D eigenvalue weighted by Gasteiger charge is 2.18. The summed E-state index contributed by atoms with van der Waals surface area (Å²) in [6.07, 6.45) is 2.39. The van der Waals surface area contributed by atoms with Gasteiger partial charge in [0.1, 0.15) is 5.75 Å². The molecule has 1 aromatic heterocycles. The van der Waals surface area contributed by atoms with Crippen molar-refractivity contribution in [3.05, 3.63) is 42.5 Å². The number of benzene rings is 2. The van der Waals surface area contributed by atoms with E-state index in [1.54, 1.807) is 36.6 Å². The van der Waals surface area contributed by atoms with E-state index in [2.05, 4.69) is 14.6 Å². The Bertz CT molecular complexity index is 1020. The van der Waals surface area contributed by atoms with Gasteiger partial charge in [0, 0.05) is 13.1 Å². The topological polar surface area (TPSA) is 71.5 Å². The van der Waals surface area contributed by atoms with Crippen LogP contribution in [0.2, 0.25) is 0 Å². The zero-order chi connectivity index (χ0) is 18.1. The summed E-state index contributed by atoms with van der Waals surface area (Å²) in [4.78, 5) is 7.14. The first-order chi connectivity index (χ1) is 12.5. The molecule has 26 heavy (non-hydrogen) atoms. The van der Waals surface area contributed by atoms with Crippen LogP contribution in [0, 0.1) is 0 Å². The van der Waals surface area contributed by atoms with Crippen LogP contribution in [0.5, 0.6) is 5.75 Å². The van der Waals surface area contributed by atoms with E-state index in [-0.39, 0.29) is 4.90 Å². The van der Waals surface area contributed by atoms with Crippen LogP contribution < -0.4 is 14.4 Å². The van der Waals surface area contributed by atoms with Crippen molar-refractivity contribution in [2.75, 3.05) is 29.8 Å². The van der Waals surface area contributed by atoms with E-state index in [4.69, 9.17) is 4.74 Å². The Labute approximate surface area is 156 Å². The Morgan fingerprint density at radius 2 is 1.85 bits per heavy atom. The molecule has 1 aliphatic heterocycles. The monoisotopic (exact) mass is 389 g/mol. The minimum Gasteiger partial charge on any atom is -0.497 e. The SMILES string of the molecule is COc1ccc(S(=O)(=O)Nc2ccc3nc(N4CCCC4)sc3c2)cc1. The van der Waals surface area contributed by atoms with Gasteiger partial charge < -0.3 is 9.64 Å². The van der Waals surface area contributed by atoms with Crippen molar-refractivity contribution in [3.63, 3.8) is 0 Å². The predicted molar refractivity (Wildman–Crippen MR) is 105 cm³/mol. The number of nitrogens with one attached hydrogen (secondary N) is 1. The van der Waals surface area contributed by atoms with Crippen LogP contribution in [0.25, 0.3) is 10.2 Å². The van der Waals surface area contributed by atoms with E-state index in [1.807, 2.05) is 12.1 Å². The van der Waals surface area contributed by atoms with E-state index >= 15 is 0 Å². The summed E-state index contributed by atoms with van der Waals surface area (Å²) in [5.41, 5.74) is 1.43. The van der Waals surface area contributed by atoms with Crippen molar-refractivity contribution >= 4 is 42.4 Å². The van der Waals surface area contributed by atoms with E-state index in [9.17, 15) is 8.42 Å². The van der Waals surface area contributed by atoms with Crippen LogP contribution in [-0.2, 0) is 10.0 Å². The second-order valence-corrected chi connectivity index (χ2v) is 8.85. The Hall–Kier alpha value is -2.32. The van der Waals surface area contributed by atoms with E-state index < -0.39 is 10.0 Å². The zero-order valence-corrected chi connectivity index (χ0v) is 15.9. The number of hydrogen-bond donors (Lipinski definition) is 1. The standard InChI is InChI=1S/C18H19N3O3S2/c1-24-14-5-7-15(8-6-14)26(22,23)20-13-4-9-16-17(12-13)25-18(19-16)21-10-2-3-11-21/h4-9,12,20H,2-3,10-11H2,1H3. The van der Waals surface area contributed by atoms with E-state index in [1.165, 1.54) is 25.0 Å². The molecule has 8 heteroatoms. The molecule has 1 fully saturated rings. The summed E-state index contributed by atoms with van der Waals surface area (Å²) < 4.78 is 33.8. The molecule has 0 saturated carbocycles. The van der Waals surface area contributed by atoms with Crippen LogP contribution in [0.15, 0.2) is 47.4 Å². The third kappa shape index (κ3) is 3.34. The molecular formula is C18H19N3O3S2. The van der Waals surface area contributed by atoms with Gasteiger partial charge in [-0.1, -0.05) is 11.3 Å². The van der Waals surface area contributed by atoms with Crippen molar-refractivity contribution in [2.45, 2.75) is 17.7 Å². The van der Waals surface area contributed by atoms with Crippen molar-refractivity contribution in [1.82, 2.24) is 4.98 Å². The number of sulfonamides is 1. The van der Waals surface area contributed by atoms with Gasteiger partial charge >= 0.3 is 0 Å². The molecule has 2 aromatic carbocycles. The van der Waals surface area contributed by atoms with Gasteiger partial charge in [-0.3, -0.25) is 4.72 Å². The highest BCUT2D eigenvalue weighted by atomic mass is 32.2. The lowest BCUT2D eigenvalue weighted by atomic mass is 10.3. The number of aromatic nitrogens is 1. The first-order valence-electron chi connectivity index (χ1n) is 8.37. The molecule has 0 bridgehead atoms. The lowest BCUT2D eigenvalue weighted by molar-refractivity contribution is 0.414. The number of hydrogen-bond acceptors (Lipinski definition) is 6. The number of anilines is 2. The fourth-order valence-electron chi connectivity index (χ4n) is 2.99. The molecule has 0 atom stereocenters. The molecule has 3 aromatic rings. The number of fused-ring (bicyclic) bond motifs is 1. The van der Waals surface area contributed by atoms with Gasteiger partial charge in [-0.05, 0) is 55.3 Å². The average Bonchev–Trinajstić information content (AvgIpc) is 3.30. The van der Waals surface area contributed by atoms with Gasteiger partial charge in [-0.2, -0.15) is 0 Å². The third-order valence-corrected chi connectivity index (χ3v) is 6.85. The number of methoxy groups -OCH3 is 1. The Kier molecular flexibility index (Phi) is 4.46. The summed E-state index contributed by atoms with van der Waals surface area (Å²) in [6, 6.07) is 11.8. The zero-order valence-electron chi connectivity index (χ0n) is 14.3. The molecule has 0 amide bonds. The second-order valence-electron chi connectivity index (χ2n) is 6.15. The molecule has 2 heterocycles. The van der Waals surface area contributed by atoms with Gasteiger partial charge in [-0.25, -0.2) is 13.4 Å². The van der Waals surface area contributed by atoms with Gasteiger partial charge in [0.15, 0.2) is 5.13 Å². The van der Waals surface area contributed by atoms with Gasteiger partial charge in [-0.15, -0.1) is 0 Å². The lowest BCUT2D eigenvalue weighted by Crippen LogP contribution is -2.16. The molecular weight excluding hydrogens is 370 g/mol. The summed E-state index contributed by atoms with van der Waals surface area (Å²) in [6.45, 7) is 2.08. The molecule has 136 valence electrons. The Morgan fingerprint density at radius 3 is 2.54 bits per heavy atom. The summed E-state index contributed by atoms with van der Waals surface area (Å²) >= 11 is 1.60. The predicted octanol–water partition coefficient (Wildman–Crippen LogP) is 3.71. The second kappa shape index (κ2) is 6.77. The lowest BCUT2D eigenvalue weighted by Gasteiger charge is -2.11. The maximum absolute atomic E-state index is 12.6. The van der Waals surface area contributed by atoms with E-state index in [0.717, 1.165) is 28.4 Å². The molecule has 0 aliphatic carbocycles. The van der Waals surface area contributed by atoms with E-state index in [0.29, 0.717) is 11.4 Å². The highest BCUT2D eigenvalue weighted by Crippen LogP contribution is 2.33. The first-order valence-corrected chi connectivity index (χ1v) is 10.7. The molecule has 4 rings (SSSR count). The molecule has 0 radical (unpaired) electrons. The smallest absolute Gasteiger partial charge is 0.261 e. The van der Waals surface area contributed by atoms with Crippen molar-refractivity contribution < 1.29 is 13.2 Å². The normalized spacial score (nSPS) is 14.7. The summed E-state index contributed by atoms with van der Waals surface area (Å²) in [5, 5.41) is 1.01. The summed E-state index contributed by atoms with van der Waals surface area (Å²) in [7, 11) is -2.10. The van der Waals surface area contributed by atoms with Gasteiger partial charge in [0.2, 0.25) is 0 Å². The highest BCUT2D eigenvalue weighted by molar-refractivity contribution is 7.92. The van der Waals surface area contributed by atoms with Crippen LogP contribution in [-0.4, -0.2) is 33.6 Å². The average molecular weight is 390 g/mol. The quantitative estimate of drug-likeness (QED) is 0.720. The Balaban J connectivity index is 1.59. The van der Waals surface area contributed by atoms with Crippen molar-refractivity contribution in [3.8, 4) is 5.75 Å². The first kappa shape index (κ1) is 17.1. The summed E-state index contributed by atoms with van der Waals surface area (Å²) in [5.74, 6) is 0.615. The minimum atomic E-state index is -3.65. The minimum absolute atomic E-state index is 0.195. The molecule has 0 unspecified atom stereocenters. The maximum Gasteiger partial charge on any atom is 0.261 e. The van der Waals surface area contributed by atoms with Crippen LogP contribution in [0.3, 0.4) is 0 Å². The third-order valence-electron chi connectivity index (χ3n) is 4.38. The number of nitrogens with zero attached hydrogens (tertiary/aromatic N) is 2. The van der Waals surface area contributed by atoms with Gasteiger partial charge in [0.25, 0.3) is 10.0 Å². The fraction of sp³-hybridized carbons (Fsp3) is 0.278. The van der Waals surface area contributed by atoms with Crippen molar-refractivity contribution in [1.29, 1.82) is 0 Å².